The Morgan fingerprint density at radius 3 is 2.67 bits per heavy atom. The lowest BCUT2D eigenvalue weighted by Gasteiger charge is -1.90. The van der Waals surface area contributed by atoms with Gasteiger partial charge < -0.3 is 9.90 Å². The molecule has 0 saturated heterocycles. The fourth-order valence-corrected chi connectivity index (χ4v) is 0.462. The molecule has 0 atom stereocenters. The smallest absolute Gasteiger partial charge is 0.120 e. The molecule has 9 heavy (non-hydrogen) atoms. The van der Waals surface area contributed by atoms with Crippen molar-refractivity contribution in [3.63, 3.8) is 0 Å². The van der Waals surface area contributed by atoms with E-state index in [1.165, 1.54) is 0 Å². The van der Waals surface area contributed by atoms with Gasteiger partial charge in [-0.15, -0.1) is 0 Å². The molecule has 0 aliphatic carbocycles. The van der Waals surface area contributed by atoms with Gasteiger partial charge in [0.05, 0.1) is 6.61 Å². The normalized spacial score (nSPS) is 11.6. The molecule has 0 saturated carbocycles. The van der Waals surface area contributed by atoms with E-state index in [1.807, 2.05) is 13.0 Å². The minimum absolute atomic E-state index is 0.0961. The molecule has 0 aliphatic heterocycles. The van der Waals surface area contributed by atoms with E-state index in [0.29, 0.717) is 6.42 Å². The van der Waals surface area contributed by atoms with Crippen LogP contribution in [0, 0.1) is 0 Å². The van der Waals surface area contributed by atoms with Crippen LogP contribution in [0.1, 0.15) is 19.8 Å². The Kier molecular flexibility index (Phi) is 5.12. The van der Waals surface area contributed by atoms with Crippen molar-refractivity contribution in [1.29, 1.82) is 0 Å². The maximum absolute atomic E-state index is 9.78. The SMILES string of the molecule is C/C(=C\CCC=O)CO. The van der Waals surface area contributed by atoms with Crippen LogP contribution in [0.5, 0.6) is 0 Å². The first kappa shape index (κ1) is 8.37. The molecule has 2 heteroatoms. The second-order valence-corrected chi connectivity index (χ2v) is 1.95. The summed E-state index contributed by atoms with van der Waals surface area (Å²) in [5, 5.41) is 8.48. The summed E-state index contributed by atoms with van der Waals surface area (Å²) in [6, 6.07) is 0. The van der Waals surface area contributed by atoms with Gasteiger partial charge in [0.25, 0.3) is 0 Å². The van der Waals surface area contributed by atoms with E-state index in [4.69, 9.17) is 5.11 Å². The van der Waals surface area contributed by atoms with E-state index in [9.17, 15) is 4.79 Å². The van der Waals surface area contributed by atoms with Gasteiger partial charge in [0, 0.05) is 6.42 Å². The Labute approximate surface area is 55.2 Å². The van der Waals surface area contributed by atoms with Crippen LogP contribution in [-0.2, 0) is 4.79 Å². The summed E-state index contributed by atoms with van der Waals surface area (Å²) in [4.78, 5) is 9.78. The molecular formula is C7H12O2. The van der Waals surface area contributed by atoms with Crippen LogP contribution in [0.25, 0.3) is 0 Å². The molecule has 0 radical (unpaired) electrons. The molecule has 0 aromatic rings. The second-order valence-electron chi connectivity index (χ2n) is 1.95. The molecule has 0 bridgehead atoms. The lowest BCUT2D eigenvalue weighted by molar-refractivity contribution is -0.107. The third kappa shape index (κ3) is 5.24. The molecule has 0 fully saturated rings. The van der Waals surface area contributed by atoms with E-state index >= 15 is 0 Å². The van der Waals surface area contributed by atoms with E-state index in [1.54, 1.807) is 0 Å². The number of unbranched alkanes of at least 4 members (excludes halogenated alkanes) is 1. The van der Waals surface area contributed by atoms with Crippen molar-refractivity contribution in [2.75, 3.05) is 6.61 Å². The fourth-order valence-electron chi connectivity index (χ4n) is 0.462. The van der Waals surface area contributed by atoms with Crippen molar-refractivity contribution in [1.82, 2.24) is 0 Å². The molecule has 1 N–H and O–H groups in total. The van der Waals surface area contributed by atoms with E-state index < -0.39 is 0 Å². The quantitative estimate of drug-likeness (QED) is 0.347. The molecule has 0 heterocycles. The number of aliphatic hydroxyl groups excluding tert-OH is 1. The fraction of sp³-hybridized carbons (Fsp3) is 0.571. The van der Waals surface area contributed by atoms with Crippen molar-refractivity contribution in [3.8, 4) is 0 Å². The van der Waals surface area contributed by atoms with Gasteiger partial charge in [-0.25, -0.2) is 0 Å². The highest BCUT2D eigenvalue weighted by molar-refractivity contribution is 5.49. The highest BCUT2D eigenvalue weighted by atomic mass is 16.3. The first-order valence-electron chi connectivity index (χ1n) is 3.01. The molecule has 0 spiro atoms. The van der Waals surface area contributed by atoms with Crippen molar-refractivity contribution in [2.45, 2.75) is 19.8 Å². The monoisotopic (exact) mass is 128 g/mol. The number of aldehydes is 1. The molecule has 0 amide bonds. The third-order valence-electron chi connectivity index (χ3n) is 1.03. The van der Waals surface area contributed by atoms with Crippen molar-refractivity contribution >= 4 is 6.29 Å². The molecule has 0 aromatic heterocycles. The second kappa shape index (κ2) is 5.51. The predicted molar refractivity (Wildman–Crippen MR) is 36.1 cm³/mol. The minimum Gasteiger partial charge on any atom is -0.392 e. The summed E-state index contributed by atoms with van der Waals surface area (Å²) >= 11 is 0. The van der Waals surface area contributed by atoms with Crippen LogP contribution >= 0.6 is 0 Å². The van der Waals surface area contributed by atoms with Crippen LogP contribution < -0.4 is 0 Å². The average Bonchev–Trinajstić information content (AvgIpc) is 1.89. The van der Waals surface area contributed by atoms with Crippen LogP contribution in [0.4, 0.5) is 0 Å². The zero-order chi connectivity index (χ0) is 7.11. The van der Waals surface area contributed by atoms with Crippen molar-refractivity contribution in [2.24, 2.45) is 0 Å². The number of carbonyl (C=O) groups excluding carboxylic acids is 1. The number of aliphatic hydroxyl groups is 1. The predicted octanol–water partition coefficient (Wildman–Crippen LogP) is 0.904. The topological polar surface area (TPSA) is 37.3 Å². The highest BCUT2D eigenvalue weighted by Gasteiger charge is 1.83. The molecule has 0 aromatic carbocycles. The number of hydrogen-bond donors (Lipinski definition) is 1. The summed E-state index contributed by atoms with van der Waals surface area (Å²) in [5.74, 6) is 0. The minimum atomic E-state index is 0.0961. The Morgan fingerprint density at radius 1 is 1.56 bits per heavy atom. The summed E-state index contributed by atoms with van der Waals surface area (Å²) in [6.45, 7) is 1.93. The lowest BCUT2D eigenvalue weighted by atomic mass is 10.2. The van der Waals surface area contributed by atoms with Crippen LogP contribution in [0.2, 0.25) is 0 Å². The summed E-state index contributed by atoms with van der Waals surface area (Å²) in [5.41, 5.74) is 0.928. The van der Waals surface area contributed by atoms with E-state index in [-0.39, 0.29) is 6.61 Å². The van der Waals surface area contributed by atoms with Crippen molar-refractivity contribution < 1.29 is 9.90 Å². The first-order valence-corrected chi connectivity index (χ1v) is 3.01. The zero-order valence-corrected chi connectivity index (χ0v) is 5.63. The van der Waals surface area contributed by atoms with E-state index in [2.05, 4.69) is 0 Å². The van der Waals surface area contributed by atoms with E-state index in [0.717, 1.165) is 18.3 Å². The molecule has 0 rings (SSSR count). The highest BCUT2D eigenvalue weighted by Crippen LogP contribution is 1.94. The lowest BCUT2D eigenvalue weighted by Crippen LogP contribution is -1.83. The standard InChI is InChI=1S/C7H12O2/c1-7(6-9)4-2-3-5-8/h4-5,9H,2-3,6H2,1H3/b7-4+. The van der Waals surface area contributed by atoms with Gasteiger partial charge in [-0.2, -0.15) is 0 Å². The Balaban J connectivity index is 3.31. The summed E-state index contributed by atoms with van der Waals surface area (Å²) < 4.78 is 0. The average molecular weight is 128 g/mol. The van der Waals surface area contributed by atoms with Crippen LogP contribution in [0.15, 0.2) is 11.6 Å². The van der Waals surface area contributed by atoms with Gasteiger partial charge in [-0.3, -0.25) is 0 Å². The summed E-state index contributed by atoms with van der Waals surface area (Å²) in [6.07, 6.45) is 4.04. The molecular weight excluding hydrogens is 116 g/mol. The van der Waals surface area contributed by atoms with Gasteiger partial charge in [0.2, 0.25) is 0 Å². The number of carbonyl (C=O) groups is 1. The van der Waals surface area contributed by atoms with Gasteiger partial charge in [-0.05, 0) is 13.3 Å². The molecule has 0 aliphatic rings. The third-order valence-corrected chi connectivity index (χ3v) is 1.03. The van der Waals surface area contributed by atoms with Crippen LogP contribution in [-0.4, -0.2) is 18.0 Å². The number of allylic oxidation sites excluding steroid dienone is 1. The molecule has 2 nitrogen and oxygen atoms in total. The Morgan fingerprint density at radius 2 is 2.22 bits per heavy atom. The number of hydrogen-bond acceptors (Lipinski definition) is 2. The largest absolute Gasteiger partial charge is 0.392 e. The zero-order valence-electron chi connectivity index (χ0n) is 5.63. The maximum atomic E-state index is 9.78. The Hall–Kier alpha value is -0.630. The van der Waals surface area contributed by atoms with Gasteiger partial charge in [-0.1, -0.05) is 11.6 Å². The van der Waals surface area contributed by atoms with Crippen LogP contribution in [0.3, 0.4) is 0 Å². The number of rotatable bonds is 4. The summed E-state index contributed by atoms with van der Waals surface area (Å²) in [7, 11) is 0. The molecule has 52 valence electrons. The molecule has 0 unspecified atom stereocenters. The Bertz CT molecular complexity index is 105. The maximum Gasteiger partial charge on any atom is 0.120 e. The van der Waals surface area contributed by atoms with Crippen molar-refractivity contribution in [3.05, 3.63) is 11.6 Å². The van der Waals surface area contributed by atoms with Gasteiger partial charge in [0.1, 0.15) is 6.29 Å². The van der Waals surface area contributed by atoms with Gasteiger partial charge in [0.15, 0.2) is 0 Å². The van der Waals surface area contributed by atoms with Gasteiger partial charge >= 0.3 is 0 Å². The first-order chi connectivity index (χ1) is 4.31.